The highest BCUT2D eigenvalue weighted by Gasteiger charge is 2.53. The van der Waals surface area contributed by atoms with E-state index in [-0.39, 0.29) is 0 Å². The number of hydrogen-bond donors (Lipinski definition) is 1. The molecule has 1 heterocycles. The fourth-order valence-electron chi connectivity index (χ4n) is 3.50. The number of likely N-dealkylation sites (tertiary alicyclic amines) is 1. The smallest absolute Gasteiger partial charge is 0.0861 e. The highest BCUT2D eigenvalue weighted by atomic mass is 16.3. The average molecular weight is 250 g/mol. The molecular formula is C15H26N2O. The standard InChI is InChI=1S/C15H26N2O/c1-13(2)4-6-14(12-16,7-5-13)15(18)8-10-17(3)11-9-15/h18H,4-11H2,1-3H3. The lowest BCUT2D eigenvalue weighted by atomic mass is 9.57. The molecule has 0 aromatic carbocycles. The van der Waals surface area contributed by atoms with E-state index in [1.165, 1.54) is 0 Å². The number of piperidine rings is 1. The van der Waals surface area contributed by atoms with E-state index in [0.29, 0.717) is 5.41 Å². The van der Waals surface area contributed by atoms with Crippen molar-refractivity contribution in [3.05, 3.63) is 0 Å². The molecule has 1 saturated carbocycles. The van der Waals surface area contributed by atoms with Crippen LogP contribution in [0.4, 0.5) is 0 Å². The molecular weight excluding hydrogens is 224 g/mol. The first-order chi connectivity index (χ1) is 8.33. The van der Waals surface area contributed by atoms with Crippen molar-refractivity contribution < 1.29 is 5.11 Å². The van der Waals surface area contributed by atoms with E-state index in [0.717, 1.165) is 51.6 Å². The molecule has 2 fully saturated rings. The second-order valence-electron chi connectivity index (χ2n) is 7.19. The molecule has 3 nitrogen and oxygen atoms in total. The number of aliphatic hydroxyl groups is 1. The fraction of sp³-hybridized carbons (Fsp3) is 0.933. The van der Waals surface area contributed by atoms with Crippen LogP contribution < -0.4 is 0 Å². The molecule has 1 saturated heterocycles. The number of nitriles is 1. The SMILES string of the molecule is CN1CCC(O)(C2(C#N)CCC(C)(C)CC2)CC1. The summed E-state index contributed by atoms with van der Waals surface area (Å²) in [5, 5.41) is 20.7. The van der Waals surface area contributed by atoms with Crippen molar-refractivity contribution in [3.63, 3.8) is 0 Å². The van der Waals surface area contributed by atoms with Gasteiger partial charge in [-0.25, -0.2) is 0 Å². The van der Waals surface area contributed by atoms with Crippen LogP contribution in [0.15, 0.2) is 0 Å². The van der Waals surface area contributed by atoms with Crippen molar-refractivity contribution in [2.24, 2.45) is 10.8 Å². The van der Waals surface area contributed by atoms with Gasteiger partial charge >= 0.3 is 0 Å². The lowest BCUT2D eigenvalue weighted by Crippen LogP contribution is -2.55. The van der Waals surface area contributed by atoms with E-state index >= 15 is 0 Å². The summed E-state index contributed by atoms with van der Waals surface area (Å²) in [7, 11) is 2.09. The molecule has 1 aliphatic carbocycles. The molecule has 102 valence electrons. The molecule has 18 heavy (non-hydrogen) atoms. The number of nitrogens with zero attached hydrogens (tertiary/aromatic N) is 2. The Hall–Kier alpha value is -0.590. The van der Waals surface area contributed by atoms with Crippen molar-refractivity contribution in [2.45, 2.75) is 58.0 Å². The van der Waals surface area contributed by atoms with Crippen molar-refractivity contribution in [1.82, 2.24) is 4.90 Å². The minimum atomic E-state index is -0.759. The van der Waals surface area contributed by atoms with Gasteiger partial charge in [0.05, 0.1) is 17.1 Å². The van der Waals surface area contributed by atoms with Gasteiger partial charge in [0.2, 0.25) is 0 Å². The van der Waals surface area contributed by atoms with Gasteiger partial charge < -0.3 is 10.0 Å². The molecule has 0 radical (unpaired) electrons. The Kier molecular flexibility index (Phi) is 3.46. The molecule has 1 aliphatic heterocycles. The molecule has 0 spiro atoms. The Labute approximate surface area is 111 Å². The zero-order chi connectivity index (χ0) is 13.4. The van der Waals surface area contributed by atoms with E-state index in [1.54, 1.807) is 0 Å². The van der Waals surface area contributed by atoms with Gasteiger partial charge in [-0.2, -0.15) is 5.26 Å². The summed E-state index contributed by atoms with van der Waals surface area (Å²) in [5.41, 5.74) is -0.920. The summed E-state index contributed by atoms with van der Waals surface area (Å²) in [6, 6.07) is 2.51. The first-order valence-electron chi connectivity index (χ1n) is 7.15. The predicted molar refractivity (Wildman–Crippen MR) is 72.0 cm³/mol. The minimum absolute atomic E-state index is 0.335. The number of rotatable bonds is 1. The molecule has 0 aromatic heterocycles. The third-order valence-corrected chi connectivity index (χ3v) is 5.38. The van der Waals surface area contributed by atoms with Crippen molar-refractivity contribution in [1.29, 1.82) is 5.26 Å². The molecule has 1 N–H and O–H groups in total. The van der Waals surface area contributed by atoms with Gasteiger partial charge in [-0.1, -0.05) is 13.8 Å². The van der Waals surface area contributed by atoms with E-state index < -0.39 is 11.0 Å². The topological polar surface area (TPSA) is 47.3 Å². The summed E-state index contributed by atoms with van der Waals surface area (Å²) in [5.74, 6) is 0. The normalized spacial score (nSPS) is 30.6. The third-order valence-electron chi connectivity index (χ3n) is 5.38. The van der Waals surface area contributed by atoms with Crippen LogP contribution in [0.25, 0.3) is 0 Å². The van der Waals surface area contributed by atoms with Crippen LogP contribution in [0.3, 0.4) is 0 Å². The molecule has 3 heteroatoms. The van der Waals surface area contributed by atoms with Crippen LogP contribution >= 0.6 is 0 Å². The van der Waals surface area contributed by atoms with Gasteiger partial charge in [0.1, 0.15) is 0 Å². The van der Waals surface area contributed by atoms with Gasteiger partial charge in [0.15, 0.2) is 0 Å². The van der Waals surface area contributed by atoms with Crippen LogP contribution in [-0.2, 0) is 0 Å². The van der Waals surface area contributed by atoms with Crippen LogP contribution in [-0.4, -0.2) is 35.7 Å². The summed E-state index contributed by atoms with van der Waals surface area (Å²) in [6.45, 7) is 6.35. The van der Waals surface area contributed by atoms with E-state index in [4.69, 9.17) is 0 Å². The maximum Gasteiger partial charge on any atom is 0.0861 e. The Balaban J connectivity index is 2.16. The zero-order valence-corrected chi connectivity index (χ0v) is 12.0. The molecule has 0 amide bonds. The Morgan fingerprint density at radius 2 is 1.50 bits per heavy atom. The Morgan fingerprint density at radius 3 is 1.94 bits per heavy atom. The molecule has 2 rings (SSSR count). The quantitative estimate of drug-likeness (QED) is 0.778. The van der Waals surface area contributed by atoms with E-state index in [9.17, 15) is 10.4 Å². The summed E-state index contributed by atoms with van der Waals surface area (Å²) < 4.78 is 0. The van der Waals surface area contributed by atoms with Gasteiger partial charge in [-0.05, 0) is 51.0 Å². The Bertz CT molecular complexity index is 338. The van der Waals surface area contributed by atoms with Crippen LogP contribution in [0.5, 0.6) is 0 Å². The number of hydrogen-bond acceptors (Lipinski definition) is 3. The monoisotopic (exact) mass is 250 g/mol. The molecule has 0 atom stereocenters. The summed E-state index contributed by atoms with van der Waals surface area (Å²) in [6.07, 6.45) is 5.32. The molecule has 2 aliphatic rings. The van der Waals surface area contributed by atoms with Gasteiger partial charge in [-0.15, -0.1) is 0 Å². The van der Waals surface area contributed by atoms with Gasteiger partial charge in [0.25, 0.3) is 0 Å². The molecule has 0 unspecified atom stereocenters. The van der Waals surface area contributed by atoms with Crippen LogP contribution in [0.1, 0.15) is 52.4 Å². The first kappa shape index (κ1) is 13.8. The van der Waals surface area contributed by atoms with Crippen LogP contribution in [0.2, 0.25) is 0 Å². The molecule has 0 aromatic rings. The van der Waals surface area contributed by atoms with E-state index in [1.807, 2.05) is 0 Å². The van der Waals surface area contributed by atoms with Gasteiger partial charge in [0, 0.05) is 13.1 Å². The predicted octanol–water partition coefficient (Wildman–Crippen LogP) is 2.55. The largest absolute Gasteiger partial charge is 0.388 e. The highest BCUT2D eigenvalue weighted by molar-refractivity contribution is 5.14. The van der Waals surface area contributed by atoms with Crippen molar-refractivity contribution in [2.75, 3.05) is 20.1 Å². The maximum atomic E-state index is 11.0. The highest BCUT2D eigenvalue weighted by Crippen LogP contribution is 2.53. The van der Waals surface area contributed by atoms with Crippen molar-refractivity contribution >= 4 is 0 Å². The fourth-order valence-corrected chi connectivity index (χ4v) is 3.50. The average Bonchev–Trinajstić information content (AvgIpc) is 2.34. The second-order valence-corrected chi connectivity index (χ2v) is 7.19. The maximum absolute atomic E-state index is 11.0. The van der Waals surface area contributed by atoms with Crippen LogP contribution in [0, 0.1) is 22.2 Å². The second kappa shape index (κ2) is 4.51. The van der Waals surface area contributed by atoms with Gasteiger partial charge in [-0.3, -0.25) is 0 Å². The minimum Gasteiger partial charge on any atom is -0.388 e. The first-order valence-corrected chi connectivity index (χ1v) is 7.15. The molecule has 0 bridgehead atoms. The third kappa shape index (κ3) is 2.29. The zero-order valence-electron chi connectivity index (χ0n) is 12.0. The summed E-state index contributed by atoms with van der Waals surface area (Å²) in [4.78, 5) is 2.24. The summed E-state index contributed by atoms with van der Waals surface area (Å²) >= 11 is 0. The lowest BCUT2D eigenvalue weighted by molar-refractivity contribution is -0.116. The van der Waals surface area contributed by atoms with Crippen molar-refractivity contribution in [3.8, 4) is 6.07 Å². The van der Waals surface area contributed by atoms with E-state index in [2.05, 4.69) is 31.9 Å². The lowest BCUT2D eigenvalue weighted by Gasteiger charge is -2.51. The Morgan fingerprint density at radius 1 is 1.00 bits per heavy atom.